The third-order valence-electron chi connectivity index (χ3n) is 2.48. The zero-order valence-electron chi connectivity index (χ0n) is 10.9. The van der Waals surface area contributed by atoms with Gasteiger partial charge in [-0.1, -0.05) is 25.4 Å². The summed E-state index contributed by atoms with van der Waals surface area (Å²) in [6, 6.07) is 5.60. The van der Waals surface area contributed by atoms with Crippen LogP contribution in [0.4, 0.5) is 0 Å². The second kappa shape index (κ2) is 7.03. The van der Waals surface area contributed by atoms with Crippen LogP contribution in [0.25, 0.3) is 0 Å². The van der Waals surface area contributed by atoms with Crippen LogP contribution in [0.1, 0.15) is 26.7 Å². The fourth-order valence-electron chi connectivity index (χ4n) is 1.33. The van der Waals surface area contributed by atoms with Gasteiger partial charge < -0.3 is 0 Å². The number of ketones is 1. The molecule has 0 aliphatic carbocycles. The molecule has 0 amide bonds. The van der Waals surface area contributed by atoms with Crippen LogP contribution in [0.15, 0.2) is 29.2 Å². The molecule has 0 aliphatic rings. The van der Waals surface area contributed by atoms with E-state index in [1.165, 1.54) is 24.3 Å². The van der Waals surface area contributed by atoms with E-state index in [0.717, 1.165) is 6.42 Å². The van der Waals surface area contributed by atoms with Gasteiger partial charge in [-0.15, -0.1) is 0 Å². The summed E-state index contributed by atoms with van der Waals surface area (Å²) in [6.45, 7) is 3.58. The van der Waals surface area contributed by atoms with E-state index in [1.807, 2.05) is 13.8 Å². The molecular weight excluding hydrogens is 288 g/mol. The van der Waals surface area contributed by atoms with Crippen molar-refractivity contribution in [2.75, 3.05) is 6.61 Å². The van der Waals surface area contributed by atoms with E-state index in [1.54, 1.807) is 0 Å². The average molecular weight is 305 g/mol. The van der Waals surface area contributed by atoms with E-state index in [0.29, 0.717) is 17.4 Å². The summed E-state index contributed by atoms with van der Waals surface area (Å²) in [5.41, 5.74) is 0. The molecule has 0 radical (unpaired) electrons. The van der Waals surface area contributed by atoms with Gasteiger partial charge in [0.05, 0.1) is 4.90 Å². The Balaban J connectivity index is 2.56. The highest BCUT2D eigenvalue weighted by Gasteiger charge is 2.17. The average Bonchev–Trinajstić information content (AvgIpc) is 2.34. The Bertz CT molecular complexity index is 520. The van der Waals surface area contributed by atoms with E-state index in [-0.39, 0.29) is 10.7 Å². The molecule has 19 heavy (non-hydrogen) atoms. The number of hydrogen-bond donors (Lipinski definition) is 0. The van der Waals surface area contributed by atoms with Crippen molar-refractivity contribution in [3.63, 3.8) is 0 Å². The van der Waals surface area contributed by atoms with Gasteiger partial charge in [0.15, 0.2) is 5.78 Å². The highest BCUT2D eigenvalue weighted by atomic mass is 35.5. The summed E-state index contributed by atoms with van der Waals surface area (Å²) in [6.07, 6.45) is 1.05. The predicted octanol–water partition coefficient (Wildman–Crippen LogP) is 3.05. The molecule has 0 N–H and O–H groups in total. The van der Waals surface area contributed by atoms with Gasteiger partial charge >= 0.3 is 0 Å². The molecule has 0 bridgehead atoms. The molecule has 0 heterocycles. The number of rotatable bonds is 7. The highest BCUT2D eigenvalue weighted by Crippen LogP contribution is 2.16. The van der Waals surface area contributed by atoms with E-state index in [4.69, 9.17) is 15.8 Å². The van der Waals surface area contributed by atoms with E-state index < -0.39 is 16.7 Å². The maximum atomic E-state index is 11.8. The zero-order chi connectivity index (χ0) is 14.5. The second-order valence-electron chi connectivity index (χ2n) is 4.64. The normalized spacial score (nSPS) is 11.8. The molecule has 1 aromatic carbocycles. The molecule has 106 valence electrons. The number of halogens is 1. The number of carbonyl (C=O) groups is 1. The van der Waals surface area contributed by atoms with Crippen molar-refractivity contribution in [3.05, 3.63) is 29.3 Å². The predicted molar refractivity (Wildman–Crippen MR) is 73.7 cm³/mol. The Labute approximate surface area is 118 Å². The van der Waals surface area contributed by atoms with E-state index in [9.17, 15) is 13.2 Å². The van der Waals surface area contributed by atoms with Crippen molar-refractivity contribution in [3.8, 4) is 0 Å². The molecule has 6 heteroatoms. The lowest BCUT2D eigenvalue weighted by molar-refractivity contribution is -0.121. The quantitative estimate of drug-likeness (QED) is 0.726. The van der Waals surface area contributed by atoms with Gasteiger partial charge in [0, 0.05) is 11.4 Å². The van der Waals surface area contributed by atoms with Crippen LogP contribution >= 0.6 is 11.6 Å². The zero-order valence-corrected chi connectivity index (χ0v) is 12.5. The summed E-state index contributed by atoms with van der Waals surface area (Å²) >= 11 is 5.67. The first-order valence-corrected chi connectivity index (χ1v) is 7.76. The molecule has 4 nitrogen and oxygen atoms in total. The van der Waals surface area contributed by atoms with Gasteiger partial charge in [-0.05, 0) is 36.6 Å². The van der Waals surface area contributed by atoms with Crippen LogP contribution in [0, 0.1) is 5.92 Å². The molecule has 1 rings (SSSR count). The van der Waals surface area contributed by atoms with Crippen molar-refractivity contribution in [2.45, 2.75) is 31.6 Å². The molecule has 0 saturated carbocycles. The minimum absolute atomic E-state index is 0.00596. The van der Waals surface area contributed by atoms with Gasteiger partial charge in [-0.2, -0.15) is 8.42 Å². The first-order chi connectivity index (χ1) is 8.81. The maximum Gasteiger partial charge on any atom is 0.297 e. The van der Waals surface area contributed by atoms with Gasteiger partial charge in [0.25, 0.3) is 10.1 Å². The number of carbonyl (C=O) groups excluding carboxylic acids is 1. The minimum atomic E-state index is -3.89. The third-order valence-corrected chi connectivity index (χ3v) is 4.01. The van der Waals surface area contributed by atoms with Crippen LogP contribution in [0.5, 0.6) is 0 Å². The summed E-state index contributed by atoms with van der Waals surface area (Å²) in [4.78, 5) is 11.5. The first kappa shape index (κ1) is 16.1. The summed E-state index contributed by atoms with van der Waals surface area (Å²) in [5.74, 6) is 0.183. The van der Waals surface area contributed by atoms with Gasteiger partial charge in [0.2, 0.25) is 0 Å². The molecule has 0 spiro atoms. The Kier molecular flexibility index (Phi) is 5.97. The lowest BCUT2D eigenvalue weighted by Crippen LogP contribution is -2.15. The van der Waals surface area contributed by atoms with Crippen molar-refractivity contribution >= 4 is 27.5 Å². The van der Waals surface area contributed by atoms with Gasteiger partial charge in [-0.3, -0.25) is 8.98 Å². The molecule has 0 unspecified atom stereocenters. The molecule has 0 atom stereocenters. The van der Waals surface area contributed by atoms with Crippen molar-refractivity contribution in [2.24, 2.45) is 5.92 Å². The molecular formula is C13H17ClO4S. The van der Waals surface area contributed by atoms with Crippen LogP contribution in [-0.4, -0.2) is 20.8 Å². The standard InChI is InChI=1S/C13H17ClO4S/c1-10(2)3-6-12(15)9-18-19(16,17)13-7-4-11(14)5-8-13/h4-5,7-8,10H,3,6,9H2,1-2H3. The minimum Gasteiger partial charge on any atom is -0.297 e. The van der Waals surface area contributed by atoms with Crippen LogP contribution in [-0.2, 0) is 19.1 Å². The second-order valence-corrected chi connectivity index (χ2v) is 6.69. The Hall–Kier alpha value is -0.910. The molecule has 0 saturated heterocycles. The molecule has 0 aliphatic heterocycles. The van der Waals surface area contributed by atoms with Gasteiger partial charge in [-0.25, -0.2) is 0 Å². The van der Waals surface area contributed by atoms with Gasteiger partial charge in [0.1, 0.15) is 6.61 Å². The lowest BCUT2D eigenvalue weighted by Gasteiger charge is -2.06. The lowest BCUT2D eigenvalue weighted by atomic mass is 10.1. The third kappa shape index (κ3) is 5.72. The van der Waals surface area contributed by atoms with E-state index >= 15 is 0 Å². The number of benzene rings is 1. The SMILES string of the molecule is CC(C)CCC(=O)COS(=O)(=O)c1ccc(Cl)cc1. The summed E-state index contributed by atoms with van der Waals surface area (Å²) in [5, 5.41) is 0.437. The number of hydrogen-bond acceptors (Lipinski definition) is 4. The maximum absolute atomic E-state index is 11.8. The fourth-order valence-corrected chi connectivity index (χ4v) is 2.35. The fraction of sp³-hybridized carbons (Fsp3) is 0.462. The largest absolute Gasteiger partial charge is 0.297 e. The number of Topliss-reactive ketones (excluding diaryl/α,β-unsaturated/α-hetero) is 1. The Morgan fingerprint density at radius 1 is 1.26 bits per heavy atom. The highest BCUT2D eigenvalue weighted by molar-refractivity contribution is 7.86. The summed E-state index contributed by atoms with van der Waals surface area (Å²) in [7, 11) is -3.89. The van der Waals surface area contributed by atoms with Crippen molar-refractivity contribution in [1.29, 1.82) is 0 Å². The molecule has 0 aromatic heterocycles. The van der Waals surface area contributed by atoms with Crippen LogP contribution in [0.2, 0.25) is 5.02 Å². The van der Waals surface area contributed by atoms with Crippen LogP contribution in [0.3, 0.4) is 0 Å². The van der Waals surface area contributed by atoms with Crippen molar-refractivity contribution in [1.82, 2.24) is 0 Å². The van der Waals surface area contributed by atoms with Crippen molar-refractivity contribution < 1.29 is 17.4 Å². The molecule has 0 fully saturated rings. The monoisotopic (exact) mass is 304 g/mol. The first-order valence-electron chi connectivity index (χ1n) is 5.98. The topological polar surface area (TPSA) is 60.4 Å². The van der Waals surface area contributed by atoms with E-state index in [2.05, 4.69) is 0 Å². The smallest absolute Gasteiger partial charge is 0.297 e. The Morgan fingerprint density at radius 2 is 1.84 bits per heavy atom. The Morgan fingerprint density at radius 3 is 2.37 bits per heavy atom. The van der Waals surface area contributed by atoms with Crippen LogP contribution < -0.4 is 0 Å². The summed E-state index contributed by atoms with van der Waals surface area (Å²) < 4.78 is 28.3. The molecule has 1 aromatic rings.